The monoisotopic (exact) mass is 173 g/mol. The van der Waals surface area contributed by atoms with Gasteiger partial charge in [0.2, 0.25) is 0 Å². The van der Waals surface area contributed by atoms with Crippen molar-refractivity contribution in [1.29, 1.82) is 5.26 Å². The van der Waals surface area contributed by atoms with Crippen LogP contribution in [0.1, 0.15) is 23.6 Å². The van der Waals surface area contributed by atoms with Crippen LogP contribution in [0, 0.1) is 18.3 Å². The van der Waals surface area contributed by atoms with E-state index in [1.54, 1.807) is 6.07 Å². The summed E-state index contributed by atoms with van der Waals surface area (Å²) in [7, 11) is 0. The highest BCUT2D eigenvalue weighted by Gasteiger charge is 2.06. The van der Waals surface area contributed by atoms with Crippen LogP contribution in [0.5, 0.6) is 0 Å². The Morgan fingerprint density at radius 3 is 2.77 bits per heavy atom. The van der Waals surface area contributed by atoms with Crippen LogP contribution < -0.4 is 0 Å². The van der Waals surface area contributed by atoms with Crippen molar-refractivity contribution >= 4 is 5.78 Å². The molecule has 0 unspecified atom stereocenters. The van der Waals surface area contributed by atoms with Crippen LogP contribution >= 0.6 is 0 Å². The Kier molecular flexibility index (Phi) is 2.81. The van der Waals surface area contributed by atoms with Gasteiger partial charge in [-0.2, -0.15) is 5.26 Å². The van der Waals surface area contributed by atoms with Gasteiger partial charge in [0.15, 0.2) is 0 Å². The van der Waals surface area contributed by atoms with Crippen LogP contribution in [0.15, 0.2) is 18.2 Å². The van der Waals surface area contributed by atoms with Crippen LogP contribution in [-0.2, 0) is 11.2 Å². The average molecular weight is 173 g/mol. The number of carbonyl (C=O) groups excluding carboxylic acids is 1. The van der Waals surface area contributed by atoms with Gasteiger partial charge in [-0.3, -0.25) is 4.79 Å². The molecule has 1 rings (SSSR count). The van der Waals surface area contributed by atoms with E-state index in [4.69, 9.17) is 5.26 Å². The molecule has 2 nitrogen and oxygen atoms in total. The fraction of sp³-hybridized carbons (Fsp3) is 0.273. The zero-order chi connectivity index (χ0) is 9.84. The maximum Gasteiger partial charge on any atom is 0.134 e. The Morgan fingerprint density at radius 1 is 1.54 bits per heavy atom. The van der Waals surface area contributed by atoms with E-state index in [0.29, 0.717) is 12.0 Å². The summed E-state index contributed by atoms with van der Waals surface area (Å²) in [6.07, 6.45) is 0.357. The van der Waals surface area contributed by atoms with E-state index in [1.807, 2.05) is 19.1 Å². The molecule has 13 heavy (non-hydrogen) atoms. The summed E-state index contributed by atoms with van der Waals surface area (Å²) in [5, 5.41) is 8.79. The van der Waals surface area contributed by atoms with Crippen LogP contribution in [0.2, 0.25) is 0 Å². The molecule has 0 radical (unpaired) electrons. The van der Waals surface area contributed by atoms with Gasteiger partial charge >= 0.3 is 0 Å². The first-order valence-electron chi connectivity index (χ1n) is 4.13. The summed E-state index contributed by atoms with van der Waals surface area (Å²) < 4.78 is 0. The first-order valence-corrected chi connectivity index (χ1v) is 4.13. The van der Waals surface area contributed by atoms with Crippen molar-refractivity contribution in [3.8, 4) is 6.07 Å². The van der Waals surface area contributed by atoms with Crippen molar-refractivity contribution in [3.05, 3.63) is 34.9 Å². The standard InChI is InChI=1S/C11H11NO/c1-8-4-3-5-10(7-12)11(8)6-9(2)13/h3-5H,6H2,1-2H3. The molecule has 0 spiro atoms. The molecule has 0 saturated heterocycles. The summed E-state index contributed by atoms with van der Waals surface area (Å²) in [5.41, 5.74) is 2.47. The molecular formula is C11H11NO. The van der Waals surface area contributed by atoms with Gasteiger partial charge in [-0.15, -0.1) is 0 Å². The van der Waals surface area contributed by atoms with Gasteiger partial charge < -0.3 is 0 Å². The predicted octanol–water partition coefficient (Wildman–Crippen LogP) is 2.00. The molecule has 0 amide bonds. The molecule has 0 aliphatic heterocycles. The molecule has 0 aliphatic carbocycles. The zero-order valence-corrected chi connectivity index (χ0v) is 7.79. The van der Waals surface area contributed by atoms with E-state index < -0.39 is 0 Å². The van der Waals surface area contributed by atoms with Gasteiger partial charge in [0.1, 0.15) is 5.78 Å². The Hall–Kier alpha value is -1.62. The van der Waals surface area contributed by atoms with Crippen LogP contribution in [0.25, 0.3) is 0 Å². The zero-order valence-electron chi connectivity index (χ0n) is 7.79. The fourth-order valence-corrected chi connectivity index (χ4v) is 1.29. The number of nitrogens with zero attached hydrogens (tertiary/aromatic N) is 1. The Labute approximate surface area is 77.8 Å². The highest BCUT2D eigenvalue weighted by Crippen LogP contribution is 2.14. The minimum absolute atomic E-state index is 0.0887. The van der Waals surface area contributed by atoms with Crippen LogP contribution in [0.3, 0.4) is 0 Å². The van der Waals surface area contributed by atoms with E-state index in [2.05, 4.69) is 6.07 Å². The minimum Gasteiger partial charge on any atom is -0.300 e. The van der Waals surface area contributed by atoms with Gasteiger partial charge in [-0.05, 0) is 31.0 Å². The van der Waals surface area contributed by atoms with Gasteiger partial charge in [-0.1, -0.05) is 12.1 Å². The Morgan fingerprint density at radius 2 is 2.23 bits per heavy atom. The third-order valence-corrected chi connectivity index (χ3v) is 1.96. The number of nitriles is 1. The summed E-state index contributed by atoms with van der Waals surface area (Å²) in [6.45, 7) is 3.45. The largest absolute Gasteiger partial charge is 0.300 e. The van der Waals surface area contributed by atoms with Crippen molar-refractivity contribution in [2.24, 2.45) is 0 Å². The molecule has 0 N–H and O–H groups in total. The molecule has 0 aromatic heterocycles. The van der Waals surface area contributed by atoms with E-state index in [9.17, 15) is 4.79 Å². The number of Topliss-reactive ketones (excluding diaryl/α,β-unsaturated/α-hetero) is 1. The molecule has 0 atom stereocenters. The third-order valence-electron chi connectivity index (χ3n) is 1.96. The normalized spacial score (nSPS) is 9.31. The van der Waals surface area contributed by atoms with Crippen LogP contribution in [0.4, 0.5) is 0 Å². The second kappa shape index (κ2) is 3.86. The molecule has 0 fully saturated rings. The number of hydrogen-bond donors (Lipinski definition) is 0. The summed E-state index contributed by atoms with van der Waals surface area (Å²) in [4.78, 5) is 10.9. The minimum atomic E-state index is 0.0887. The molecule has 66 valence electrons. The lowest BCUT2D eigenvalue weighted by atomic mass is 9.98. The second-order valence-electron chi connectivity index (χ2n) is 3.09. The van der Waals surface area contributed by atoms with Gasteiger partial charge in [-0.25, -0.2) is 0 Å². The maximum atomic E-state index is 10.9. The van der Waals surface area contributed by atoms with Crippen molar-refractivity contribution < 1.29 is 4.79 Å². The average Bonchev–Trinajstić information content (AvgIpc) is 2.08. The lowest BCUT2D eigenvalue weighted by Crippen LogP contribution is -2.01. The predicted molar refractivity (Wildman–Crippen MR) is 50.3 cm³/mol. The number of carbonyl (C=O) groups is 1. The van der Waals surface area contributed by atoms with Crippen LogP contribution in [-0.4, -0.2) is 5.78 Å². The molecule has 1 aromatic carbocycles. The molecule has 0 saturated carbocycles. The molecule has 2 heteroatoms. The third kappa shape index (κ3) is 2.16. The molecular weight excluding hydrogens is 162 g/mol. The van der Waals surface area contributed by atoms with E-state index in [0.717, 1.165) is 11.1 Å². The molecule has 0 aliphatic rings. The van der Waals surface area contributed by atoms with E-state index in [-0.39, 0.29) is 5.78 Å². The van der Waals surface area contributed by atoms with Crippen molar-refractivity contribution in [3.63, 3.8) is 0 Å². The molecule has 0 bridgehead atoms. The highest BCUT2D eigenvalue weighted by atomic mass is 16.1. The lowest BCUT2D eigenvalue weighted by molar-refractivity contribution is -0.116. The number of rotatable bonds is 2. The summed E-state index contributed by atoms with van der Waals surface area (Å²) in [5.74, 6) is 0.0887. The second-order valence-corrected chi connectivity index (χ2v) is 3.09. The number of aryl methyl sites for hydroxylation is 1. The lowest BCUT2D eigenvalue weighted by Gasteiger charge is -2.04. The summed E-state index contributed by atoms with van der Waals surface area (Å²) in [6, 6.07) is 7.58. The first-order chi connectivity index (χ1) is 6.15. The smallest absolute Gasteiger partial charge is 0.134 e. The van der Waals surface area contributed by atoms with E-state index in [1.165, 1.54) is 6.92 Å². The van der Waals surface area contributed by atoms with Crippen molar-refractivity contribution in [1.82, 2.24) is 0 Å². The fourth-order valence-electron chi connectivity index (χ4n) is 1.29. The number of ketones is 1. The van der Waals surface area contributed by atoms with E-state index >= 15 is 0 Å². The van der Waals surface area contributed by atoms with Crippen molar-refractivity contribution in [2.45, 2.75) is 20.3 Å². The highest BCUT2D eigenvalue weighted by molar-refractivity contribution is 5.79. The molecule has 0 heterocycles. The topological polar surface area (TPSA) is 40.9 Å². The quantitative estimate of drug-likeness (QED) is 0.686. The van der Waals surface area contributed by atoms with Crippen molar-refractivity contribution in [2.75, 3.05) is 0 Å². The molecule has 1 aromatic rings. The number of benzene rings is 1. The SMILES string of the molecule is CC(=O)Cc1c(C)cccc1C#N. The maximum absolute atomic E-state index is 10.9. The Bertz CT molecular complexity index is 374. The first kappa shape index (κ1) is 9.47. The number of hydrogen-bond acceptors (Lipinski definition) is 2. The van der Waals surface area contributed by atoms with Gasteiger partial charge in [0.05, 0.1) is 11.6 Å². The van der Waals surface area contributed by atoms with Gasteiger partial charge in [0, 0.05) is 6.42 Å². The Balaban J connectivity index is 3.17. The summed E-state index contributed by atoms with van der Waals surface area (Å²) >= 11 is 0. The van der Waals surface area contributed by atoms with Gasteiger partial charge in [0.25, 0.3) is 0 Å².